The third-order valence-electron chi connectivity index (χ3n) is 5.90. The van der Waals surface area contributed by atoms with E-state index in [2.05, 4.69) is 10.4 Å². The first-order valence-corrected chi connectivity index (χ1v) is 10.8. The fourth-order valence-electron chi connectivity index (χ4n) is 4.27. The Morgan fingerprint density at radius 3 is 2.59 bits per heavy atom. The second-order valence-electron chi connectivity index (χ2n) is 8.07. The molecule has 0 saturated heterocycles. The highest BCUT2D eigenvalue weighted by Crippen LogP contribution is 2.35. The molecule has 7 nitrogen and oxygen atoms in total. The lowest BCUT2D eigenvalue weighted by atomic mass is 9.82. The average molecular weight is 464 g/mol. The molecule has 3 aromatic carbocycles. The highest BCUT2D eigenvalue weighted by molar-refractivity contribution is 5.83. The Hall–Kier alpha value is -3.75. The van der Waals surface area contributed by atoms with Gasteiger partial charge in [0.15, 0.2) is 0 Å². The number of halogens is 1. The molecule has 0 fully saturated rings. The van der Waals surface area contributed by atoms with E-state index in [0.717, 1.165) is 33.3 Å². The summed E-state index contributed by atoms with van der Waals surface area (Å²) in [7, 11) is 1.58. The summed E-state index contributed by atoms with van der Waals surface area (Å²) < 4.78 is 20.5. The van der Waals surface area contributed by atoms with Gasteiger partial charge in [-0.3, -0.25) is 4.79 Å². The lowest BCUT2D eigenvalue weighted by molar-refractivity contribution is -0.124. The molecule has 0 unspecified atom stereocenters. The van der Waals surface area contributed by atoms with Crippen molar-refractivity contribution in [2.24, 2.45) is 0 Å². The first-order chi connectivity index (χ1) is 16.4. The van der Waals surface area contributed by atoms with Gasteiger partial charge in [0.1, 0.15) is 18.2 Å². The van der Waals surface area contributed by atoms with E-state index in [1.54, 1.807) is 30.1 Å². The first kappa shape index (κ1) is 23.4. The maximum Gasteiger partial charge on any atom is 0.246 e. The Kier molecular flexibility index (Phi) is 6.90. The molecule has 4 aromatic rings. The Labute approximate surface area is 196 Å². The molecule has 1 heterocycles. The number of aromatic nitrogens is 2. The normalized spacial score (nSPS) is 13.0. The molecule has 0 spiro atoms. The largest absolute Gasteiger partial charge is 0.497 e. The molecule has 1 aromatic heterocycles. The minimum atomic E-state index is -0.685. The van der Waals surface area contributed by atoms with Gasteiger partial charge in [-0.2, -0.15) is 5.10 Å². The molecular formula is C26H26FN3O4. The van der Waals surface area contributed by atoms with E-state index in [0.29, 0.717) is 5.75 Å². The number of nitrogens with zero attached hydrogens (tertiary/aromatic N) is 2. The summed E-state index contributed by atoms with van der Waals surface area (Å²) >= 11 is 0. The van der Waals surface area contributed by atoms with E-state index in [-0.39, 0.29) is 12.4 Å². The van der Waals surface area contributed by atoms with E-state index < -0.39 is 24.5 Å². The van der Waals surface area contributed by atoms with E-state index in [4.69, 9.17) is 4.74 Å². The van der Waals surface area contributed by atoms with Crippen molar-refractivity contribution < 1.29 is 24.1 Å². The maximum absolute atomic E-state index is 13.4. The fourth-order valence-corrected chi connectivity index (χ4v) is 4.27. The number of aliphatic hydroxyl groups is 2. The van der Waals surface area contributed by atoms with Gasteiger partial charge >= 0.3 is 0 Å². The van der Waals surface area contributed by atoms with Crippen LogP contribution in [0.2, 0.25) is 0 Å². The van der Waals surface area contributed by atoms with Gasteiger partial charge in [-0.15, -0.1) is 0 Å². The van der Waals surface area contributed by atoms with E-state index in [9.17, 15) is 19.4 Å². The number of nitrogens with one attached hydrogen (secondary N) is 1. The Morgan fingerprint density at radius 1 is 1.15 bits per heavy atom. The lowest BCUT2D eigenvalue weighted by Gasteiger charge is -2.29. The number of hydrogen-bond acceptors (Lipinski definition) is 5. The smallest absolute Gasteiger partial charge is 0.246 e. The van der Waals surface area contributed by atoms with Crippen LogP contribution in [0.25, 0.3) is 16.6 Å². The van der Waals surface area contributed by atoms with Crippen LogP contribution in [-0.4, -0.2) is 52.3 Å². The quantitative estimate of drug-likeness (QED) is 0.373. The number of carbonyl (C=O) groups excluding carboxylic acids is 1. The van der Waals surface area contributed by atoms with Crippen molar-refractivity contribution in [1.29, 1.82) is 0 Å². The van der Waals surface area contributed by atoms with Gasteiger partial charge in [-0.25, -0.2) is 9.07 Å². The van der Waals surface area contributed by atoms with Crippen molar-refractivity contribution in [3.05, 3.63) is 89.4 Å². The van der Waals surface area contributed by atoms with Gasteiger partial charge in [0, 0.05) is 11.3 Å². The molecular weight excluding hydrogens is 437 g/mol. The van der Waals surface area contributed by atoms with Crippen LogP contribution in [0.1, 0.15) is 22.6 Å². The summed E-state index contributed by atoms with van der Waals surface area (Å²) in [4.78, 5) is 12.0. The van der Waals surface area contributed by atoms with Crippen LogP contribution >= 0.6 is 0 Å². The third kappa shape index (κ3) is 4.64. The molecule has 0 radical (unpaired) electrons. The van der Waals surface area contributed by atoms with Crippen LogP contribution in [0.15, 0.2) is 66.9 Å². The van der Waals surface area contributed by atoms with Crippen LogP contribution < -0.4 is 10.1 Å². The molecule has 8 heteroatoms. The molecule has 0 aliphatic rings. The van der Waals surface area contributed by atoms with Crippen LogP contribution in [0, 0.1) is 12.7 Å². The second-order valence-corrected chi connectivity index (χ2v) is 8.07. The number of carbonyl (C=O) groups is 1. The predicted octanol–water partition coefficient (Wildman–Crippen LogP) is 3.08. The van der Waals surface area contributed by atoms with Crippen LogP contribution in [0.4, 0.5) is 4.39 Å². The summed E-state index contributed by atoms with van der Waals surface area (Å²) in [6.07, 6.45) is 1.73. The zero-order valence-electron chi connectivity index (χ0n) is 18.9. The Bertz CT molecular complexity index is 1300. The minimum absolute atomic E-state index is 0.320. The molecule has 34 heavy (non-hydrogen) atoms. The molecule has 1 amide bonds. The number of aliphatic hydroxyl groups excluding tert-OH is 2. The second kappa shape index (κ2) is 10.0. The molecule has 3 N–H and O–H groups in total. The van der Waals surface area contributed by atoms with Crippen LogP contribution in [0.5, 0.6) is 5.75 Å². The fraction of sp³-hybridized carbons (Fsp3) is 0.231. The monoisotopic (exact) mass is 463 g/mol. The van der Waals surface area contributed by atoms with Crippen molar-refractivity contribution in [3.8, 4) is 11.4 Å². The first-order valence-electron chi connectivity index (χ1n) is 10.8. The van der Waals surface area contributed by atoms with E-state index >= 15 is 0 Å². The third-order valence-corrected chi connectivity index (χ3v) is 5.90. The van der Waals surface area contributed by atoms with Crippen LogP contribution in [-0.2, 0) is 4.79 Å². The van der Waals surface area contributed by atoms with E-state index in [1.165, 1.54) is 12.1 Å². The SMILES string of the molecule is COc1cccc([C@H](c2cc3cnn(-c4ccc(F)cc4)c3cc2C)[C@@H](CO)NC(=O)CO)c1. The van der Waals surface area contributed by atoms with E-state index in [1.807, 2.05) is 43.3 Å². The number of fused-ring (bicyclic) bond motifs is 1. The lowest BCUT2D eigenvalue weighted by Crippen LogP contribution is -2.43. The highest BCUT2D eigenvalue weighted by atomic mass is 19.1. The topological polar surface area (TPSA) is 96.6 Å². The minimum Gasteiger partial charge on any atom is -0.497 e. The van der Waals surface area contributed by atoms with Gasteiger partial charge in [-0.1, -0.05) is 12.1 Å². The van der Waals surface area contributed by atoms with Gasteiger partial charge < -0.3 is 20.3 Å². The molecule has 0 bridgehead atoms. The van der Waals surface area contributed by atoms with Gasteiger partial charge in [0.2, 0.25) is 5.91 Å². The number of benzene rings is 3. The number of aryl methyl sites for hydroxylation is 1. The molecule has 4 rings (SSSR count). The Balaban J connectivity index is 1.85. The summed E-state index contributed by atoms with van der Waals surface area (Å²) in [6, 6.07) is 16.8. The van der Waals surface area contributed by atoms with Crippen molar-refractivity contribution in [1.82, 2.24) is 15.1 Å². The molecule has 0 saturated carbocycles. The Morgan fingerprint density at radius 2 is 1.91 bits per heavy atom. The zero-order valence-corrected chi connectivity index (χ0v) is 18.9. The summed E-state index contributed by atoms with van der Waals surface area (Å²) in [5.41, 5.74) is 4.22. The van der Waals surface area contributed by atoms with Crippen molar-refractivity contribution >= 4 is 16.8 Å². The van der Waals surface area contributed by atoms with Gasteiger partial charge in [0.05, 0.1) is 37.2 Å². The standard InChI is InChI=1S/C26H26FN3O4/c1-16-10-24-18(13-28-30(24)20-8-6-19(27)7-9-20)12-22(16)26(23(14-31)29-25(33)15-32)17-4-3-5-21(11-17)34-2/h3-13,23,26,31-32H,14-15H2,1-2H3,(H,29,33)/t23-,26-/m1/s1. The molecule has 0 aliphatic heterocycles. The predicted molar refractivity (Wildman–Crippen MR) is 127 cm³/mol. The average Bonchev–Trinajstić information content (AvgIpc) is 3.26. The van der Waals surface area contributed by atoms with Gasteiger partial charge in [0.25, 0.3) is 0 Å². The van der Waals surface area contributed by atoms with Gasteiger partial charge in [-0.05, 0) is 72.1 Å². The number of methoxy groups -OCH3 is 1. The summed E-state index contributed by atoms with van der Waals surface area (Å²) in [5.74, 6) is -0.667. The van der Waals surface area contributed by atoms with Crippen LogP contribution in [0.3, 0.4) is 0 Å². The molecule has 0 aliphatic carbocycles. The molecule has 176 valence electrons. The number of ether oxygens (including phenoxy) is 1. The van der Waals surface area contributed by atoms with Crippen molar-refractivity contribution in [3.63, 3.8) is 0 Å². The number of rotatable bonds is 8. The van der Waals surface area contributed by atoms with Crippen molar-refractivity contribution in [2.75, 3.05) is 20.3 Å². The highest BCUT2D eigenvalue weighted by Gasteiger charge is 2.28. The van der Waals surface area contributed by atoms with Crippen molar-refractivity contribution in [2.45, 2.75) is 18.9 Å². The zero-order chi connectivity index (χ0) is 24.2. The number of amides is 1. The number of hydrogen-bond donors (Lipinski definition) is 3. The maximum atomic E-state index is 13.4. The molecule has 2 atom stereocenters. The summed E-state index contributed by atoms with van der Waals surface area (Å²) in [5, 5.41) is 27.5. The summed E-state index contributed by atoms with van der Waals surface area (Å²) in [6.45, 7) is 0.940.